The Morgan fingerprint density at radius 2 is 2.06 bits per heavy atom. The first-order valence-corrected chi connectivity index (χ1v) is 5.01. The number of carbonyl (C=O) groups is 2. The first kappa shape index (κ1) is 12.2. The summed E-state index contributed by atoms with van der Waals surface area (Å²) in [6.07, 6.45) is 0. The third kappa shape index (κ3) is 2.39. The van der Waals surface area contributed by atoms with E-state index in [-0.39, 0.29) is 6.54 Å². The maximum absolute atomic E-state index is 11.7. The normalized spacial score (nSPS) is 10.2. The highest BCUT2D eigenvalue weighted by molar-refractivity contribution is 5.97. The van der Waals surface area contributed by atoms with Crippen molar-refractivity contribution in [2.75, 3.05) is 6.54 Å². The molecule has 1 rings (SSSR count). The standard InChI is InChI=1S/C10H15N3O3/c1-4-13-7(3)9(6(2)12-13)10(16)11-5-8(14)15/h4-5H2,1-3H3,(H,11,16)(H,14,15). The van der Waals surface area contributed by atoms with Gasteiger partial charge in [0.15, 0.2) is 0 Å². The molecule has 88 valence electrons. The average molecular weight is 225 g/mol. The fourth-order valence-corrected chi connectivity index (χ4v) is 1.58. The summed E-state index contributed by atoms with van der Waals surface area (Å²) >= 11 is 0. The summed E-state index contributed by atoms with van der Waals surface area (Å²) in [5.41, 5.74) is 1.83. The SMILES string of the molecule is CCn1nc(C)c(C(=O)NCC(=O)O)c1C. The second-order valence-corrected chi connectivity index (χ2v) is 3.44. The van der Waals surface area contributed by atoms with Crippen LogP contribution in [0, 0.1) is 13.8 Å². The Labute approximate surface area is 93.3 Å². The Balaban J connectivity index is 2.90. The number of amides is 1. The molecule has 6 nitrogen and oxygen atoms in total. The lowest BCUT2D eigenvalue weighted by Gasteiger charge is -2.03. The third-order valence-corrected chi connectivity index (χ3v) is 2.31. The molecular weight excluding hydrogens is 210 g/mol. The van der Waals surface area contributed by atoms with Gasteiger partial charge in [-0.1, -0.05) is 0 Å². The number of carboxylic acid groups (broad SMARTS) is 1. The summed E-state index contributed by atoms with van der Waals surface area (Å²) in [4.78, 5) is 22.0. The van der Waals surface area contributed by atoms with Crippen LogP contribution in [0.5, 0.6) is 0 Å². The van der Waals surface area contributed by atoms with Crippen LogP contribution in [0.4, 0.5) is 0 Å². The number of nitrogens with one attached hydrogen (secondary N) is 1. The van der Waals surface area contributed by atoms with Crippen molar-refractivity contribution >= 4 is 11.9 Å². The first-order valence-electron chi connectivity index (χ1n) is 5.01. The second-order valence-electron chi connectivity index (χ2n) is 3.44. The van der Waals surface area contributed by atoms with E-state index in [9.17, 15) is 9.59 Å². The summed E-state index contributed by atoms with van der Waals surface area (Å²) < 4.78 is 1.71. The van der Waals surface area contributed by atoms with Gasteiger partial charge in [0.05, 0.1) is 11.3 Å². The van der Waals surface area contributed by atoms with Crippen LogP contribution in [0.2, 0.25) is 0 Å². The van der Waals surface area contributed by atoms with Gasteiger partial charge in [0, 0.05) is 12.2 Å². The van der Waals surface area contributed by atoms with E-state index in [1.54, 1.807) is 18.5 Å². The number of carbonyl (C=O) groups excluding carboxylic acids is 1. The molecule has 0 aliphatic rings. The molecule has 0 fully saturated rings. The van der Waals surface area contributed by atoms with Crippen molar-refractivity contribution in [2.24, 2.45) is 0 Å². The molecule has 0 saturated carbocycles. The molecule has 1 aromatic rings. The van der Waals surface area contributed by atoms with Crippen molar-refractivity contribution in [3.8, 4) is 0 Å². The highest BCUT2D eigenvalue weighted by Crippen LogP contribution is 2.12. The predicted molar refractivity (Wildman–Crippen MR) is 57.3 cm³/mol. The molecule has 16 heavy (non-hydrogen) atoms. The van der Waals surface area contributed by atoms with Gasteiger partial charge in [0.1, 0.15) is 6.54 Å². The number of aliphatic carboxylic acids is 1. The summed E-state index contributed by atoms with van der Waals surface area (Å²) in [6.45, 7) is 5.75. The molecule has 0 saturated heterocycles. The number of aromatic nitrogens is 2. The van der Waals surface area contributed by atoms with Crippen LogP contribution in [0.3, 0.4) is 0 Å². The van der Waals surface area contributed by atoms with E-state index in [1.165, 1.54) is 0 Å². The maximum atomic E-state index is 11.7. The van der Waals surface area contributed by atoms with Crippen LogP contribution in [0.1, 0.15) is 28.7 Å². The van der Waals surface area contributed by atoms with E-state index in [0.29, 0.717) is 17.8 Å². The number of hydrogen-bond acceptors (Lipinski definition) is 3. The maximum Gasteiger partial charge on any atom is 0.322 e. The molecule has 0 unspecified atom stereocenters. The van der Waals surface area contributed by atoms with E-state index < -0.39 is 11.9 Å². The lowest BCUT2D eigenvalue weighted by atomic mass is 10.2. The third-order valence-electron chi connectivity index (χ3n) is 2.31. The van der Waals surface area contributed by atoms with Gasteiger partial charge in [-0.3, -0.25) is 14.3 Å². The Hall–Kier alpha value is -1.85. The Morgan fingerprint density at radius 1 is 1.44 bits per heavy atom. The topological polar surface area (TPSA) is 84.2 Å². The van der Waals surface area contributed by atoms with E-state index >= 15 is 0 Å². The minimum Gasteiger partial charge on any atom is -0.480 e. The van der Waals surface area contributed by atoms with Gasteiger partial charge in [-0.2, -0.15) is 5.10 Å². The number of hydrogen-bond donors (Lipinski definition) is 2. The summed E-state index contributed by atoms with van der Waals surface area (Å²) in [5.74, 6) is -1.45. The monoisotopic (exact) mass is 225 g/mol. The number of rotatable bonds is 4. The molecular formula is C10H15N3O3. The molecule has 2 N–H and O–H groups in total. The van der Waals surface area contributed by atoms with Gasteiger partial charge in [-0.25, -0.2) is 0 Å². The zero-order chi connectivity index (χ0) is 12.3. The van der Waals surface area contributed by atoms with Gasteiger partial charge < -0.3 is 10.4 Å². The fraction of sp³-hybridized carbons (Fsp3) is 0.500. The molecule has 1 aromatic heterocycles. The lowest BCUT2D eigenvalue weighted by Crippen LogP contribution is -2.30. The Morgan fingerprint density at radius 3 is 2.50 bits per heavy atom. The summed E-state index contributed by atoms with van der Waals surface area (Å²) in [7, 11) is 0. The van der Waals surface area contributed by atoms with Crippen LogP contribution in [0.15, 0.2) is 0 Å². The second kappa shape index (κ2) is 4.78. The van der Waals surface area contributed by atoms with Crippen LogP contribution < -0.4 is 5.32 Å². The average Bonchev–Trinajstić information content (AvgIpc) is 2.50. The van der Waals surface area contributed by atoms with Crippen molar-refractivity contribution in [2.45, 2.75) is 27.3 Å². The van der Waals surface area contributed by atoms with E-state index in [1.807, 2.05) is 6.92 Å². The molecule has 0 spiro atoms. The van der Waals surface area contributed by atoms with Gasteiger partial charge in [-0.15, -0.1) is 0 Å². The van der Waals surface area contributed by atoms with Crippen molar-refractivity contribution in [1.29, 1.82) is 0 Å². The minimum atomic E-state index is -1.06. The predicted octanol–water partition coefficient (Wildman–Crippen LogP) is 0.334. The largest absolute Gasteiger partial charge is 0.480 e. The van der Waals surface area contributed by atoms with Crippen LogP contribution in [-0.4, -0.2) is 33.3 Å². The Bertz CT molecular complexity index is 423. The van der Waals surface area contributed by atoms with Gasteiger partial charge in [-0.05, 0) is 20.8 Å². The van der Waals surface area contributed by atoms with Crippen molar-refractivity contribution in [1.82, 2.24) is 15.1 Å². The summed E-state index contributed by atoms with van der Waals surface area (Å²) in [6, 6.07) is 0. The van der Waals surface area contributed by atoms with Crippen LogP contribution >= 0.6 is 0 Å². The molecule has 0 bridgehead atoms. The molecule has 0 aliphatic heterocycles. The smallest absolute Gasteiger partial charge is 0.322 e. The minimum absolute atomic E-state index is 0.380. The zero-order valence-electron chi connectivity index (χ0n) is 9.57. The van der Waals surface area contributed by atoms with E-state index in [2.05, 4.69) is 10.4 Å². The van der Waals surface area contributed by atoms with Crippen molar-refractivity contribution < 1.29 is 14.7 Å². The van der Waals surface area contributed by atoms with Crippen LogP contribution in [-0.2, 0) is 11.3 Å². The van der Waals surface area contributed by atoms with Gasteiger partial charge in [0.25, 0.3) is 5.91 Å². The van der Waals surface area contributed by atoms with E-state index in [0.717, 1.165) is 5.69 Å². The molecule has 6 heteroatoms. The zero-order valence-corrected chi connectivity index (χ0v) is 9.57. The fourth-order valence-electron chi connectivity index (χ4n) is 1.58. The lowest BCUT2D eigenvalue weighted by molar-refractivity contribution is -0.135. The quantitative estimate of drug-likeness (QED) is 0.773. The number of carboxylic acids is 1. The Kier molecular flexibility index (Phi) is 3.65. The van der Waals surface area contributed by atoms with Crippen LogP contribution in [0.25, 0.3) is 0 Å². The van der Waals surface area contributed by atoms with Crippen molar-refractivity contribution in [3.63, 3.8) is 0 Å². The number of nitrogens with zero attached hydrogens (tertiary/aromatic N) is 2. The summed E-state index contributed by atoms with van der Waals surface area (Å²) in [5, 5.41) is 15.0. The molecule has 0 atom stereocenters. The first-order chi connectivity index (χ1) is 7.47. The van der Waals surface area contributed by atoms with Gasteiger partial charge >= 0.3 is 5.97 Å². The highest BCUT2D eigenvalue weighted by Gasteiger charge is 2.18. The molecule has 1 amide bonds. The molecule has 0 aliphatic carbocycles. The van der Waals surface area contributed by atoms with Gasteiger partial charge in [0.2, 0.25) is 0 Å². The van der Waals surface area contributed by atoms with E-state index in [4.69, 9.17) is 5.11 Å². The molecule has 0 aromatic carbocycles. The highest BCUT2D eigenvalue weighted by atomic mass is 16.4. The molecule has 0 radical (unpaired) electrons. The molecule has 1 heterocycles. The van der Waals surface area contributed by atoms with Crippen molar-refractivity contribution in [3.05, 3.63) is 17.0 Å². The number of aryl methyl sites for hydroxylation is 2.